The summed E-state index contributed by atoms with van der Waals surface area (Å²) in [4.78, 5) is 44.9. The molecule has 0 N–H and O–H groups in total. The second kappa shape index (κ2) is 13.7. The SMILES string of the molecule is COc1cccc(OC)c1C(=O)N(CC(=O)N(Cc1ccc2c(c1)OCO2)Cc1coc2ccc(Cl)cc2c1=O)CC1CCCO1. The average Bonchev–Trinajstić information content (AvgIpc) is 3.77. The van der Waals surface area contributed by atoms with Gasteiger partial charge in [-0.2, -0.15) is 0 Å². The standard InChI is InChI=1S/C34H33ClN2O9/c1-41-28-6-3-7-29(42-2)32(28)34(40)37(17-24-5-4-12-43-24)18-31(38)36(15-21-8-10-27-30(13-21)46-20-45-27)16-22-19-44-26-11-9-23(35)14-25(26)33(22)39/h3,6-11,13-14,19,24H,4-5,12,15-18,20H2,1-2H3. The van der Waals surface area contributed by atoms with Gasteiger partial charge in [-0.15, -0.1) is 0 Å². The molecule has 11 nitrogen and oxygen atoms in total. The van der Waals surface area contributed by atoms with E-state index in [-0.39, 0.29) is 55.6 Å². The summed E-state index contributed by atoms with van der Waals surface area (Å²) in [6, 6.07) is 15.2. The van der Waals surface area contributed by atoms with E-state index >= 15 is 0 Å². The maximum absolute atomic E-state index is 14.3. The van der Waals surface area contributed by atoms with Gasteiger partial charge in [-0.25, -0.2) is 0 Å². The molecular formula is C34H33ClN2O9. The van der Waals surface area contributed by atoms with Crippen molar-refractivity contribution in [2.75, 3.05) is 40.7 Å². The summed E-state index contributed by atoms with van der Waals surface area (Å²) in [5.74, 6) is 0.957. The third-order valence-corrected chi connectivity index (χ3v) is 8.27. The van der Waals surface area contributed by atoms with Crippen LogP contribution in [0.15, 0.2) is 70.1 Å². The molecule has 0 aliphatic carbocycles. The first kappa shape index (κ1) is 31.3. The minimum Gasteiger partial charge on any atom is -0.496 e. The van der Waals surface area contributed by atoms with Crippen LogP contribution in [0, 0.1) is 0 Å². The summed E-state index contributed by atoms with van der Waals surface area (Å²) in [6.07, 6.45) is 2.73. The highest BCUT2D eigenvalue weighted by Gasteiger charge is 2.31. The van der Waals surface area contributed by atoms with E-state index in [0.29, 0.717) is 45.6 Å². The molecule has 4 aromatic rings. The first-order valence-corrected chi connectivity index (χ1v) is 15.2. The molecule has 2 amide bonds. The van der Waals surface area contributed by atoms with Gasteiger partial charge in [0.2, 0.25) is 12.7 Å². The fourth-order valence-corrected chi connectivity index (χ4v) is 5.86. The number of carbonyl (C=O) groups excluding carboxylic acids is 2. The van der Waals surface area contributed by atoms with Crippen LogP contribution in [0.1, 0.15) is 34.3 Å². The number of fused-ring (bicyclic) bond motifs is 2. The monoisotopic (exact) mass is 648 g/mol. The van der Waals surface area contributed by atoms with Crippen LogP contribution in [0.3, 0.4) is 0 Å². The lowest BCUT2D eigenvalue weighted by Gasteiger charge is -2.30. The Morgan fingerprint density at radius 1 is 0.957 bits per heavy atom. The Bertz CT molecular complexity index is 1800. The van der Waals surface area contributed by atoms with Gasteiger partial charge >= 0.3 is 0 Å². The molecule has 2 aliphatic heterocycles. The van der Waals surface area contributed by atoms with Crippen LogP contribution in [0.2, 0.25) is 5.02 Å². The Balaban J connectivity index is 1.34. The Labute approximate surface area is 270 Å². The summed E-state index contributed by atoms with van der Waals surface area (Å²) in [6.45, 7) is 0.599. The molecule has 0 bridgehead atoms. The normalized spacial score (nSPS) is 15.2. The summed E-state index contributed by atoms with van der Waals surface area (Å²) < 4.78 is 33.6. The lowest BCUT2D eigenvalue weighted by atomic mass is 10.1. The quantitative estimate of drug-likeness (QED) is 0.220. The molecule has 6 rings (SSSR count). The smallest absolute Gasteiger partial charge is 0.261 e. The first-order valence-electron chi connectivity index (χ1n) is 14.8. The third kappa shape index (κ3) is 6.61. The van der Waals surface area contributed by atoms with Crippen LogP contribution < -0.4 is 24.4 Å². The molecule has 0 saturated carbocycles. The van der Waals surface area contributed by atoms with Gasteiger partial charge in [0.15, 0.2) is 16.9 Å². The number of amides is 2. The summed E-state index contributed by atoms with van der Waals surface area (Å²) >= 11 is 6.17. The molecule has 0 radical (unpaired) electrons. The highest BCUT2D eigenvalue weighted by molar-refractivity contribution is 6.31. The number of carbonyl (C=O) groups is 2. The van der Waals surface area contributed by atoms with E-state index in [9.17, 15) is 14.4 Å². The van der Waals surface area contributed by atoms with Crippen LogP contribution in [0.25, 0.3) is 11.0 Å². The van der Waals surface area contributed by atoms with E-state index in [2.05, 4.69) is 0 Å². The van der Waals surface area contributed by atoms with Gasteiger partial charge in [0, 0.05) is 24.7 Å². The second-order valence-corrected chi connectivity index (χ2v) is 11.5. The van der Waals surface area contributed by atoms with Gasteiger partial charge in [0.05, 0.1) is 44.1 Å². The van der Waals surface area contributed by atoms with E-state index in [1.807, 2.05) is 6.07 Å². The molecule has 1 unspecified atom stereocenters. The summed E-state index contributed by atoms with van der Waals surface area (Å²) in [5.41, 5.74) is 1.28. The topological polar surface area (TPSA) is 117 Å². The van der Waals surface area contributed by atoms with Crippen LogP contribution in [-0.2, 0) is 22.6 Å². The van der Waals surface area contributed by atoms with Gasteiger partial charge in [0.25, 0.3) is 5.91 Å². The number of hydrogen-bond donors (Lipinski definition) is 0. The van der Waals surface area contributed by atoms with Gasteiger partial charge < -0.3 is 37.9 Å². The number of nitrogens with zero attached hydrogens (tertiary/aromatic N) is 2. The Morgan fingerprint density at radius 3 is 2.48 bits per heavy atom. The van der Waals surface area contributed by atoms with Crippen molar-refractivity contribution in [3.8, 4) is 23.0 Å². The van der Waals surface area contributed by atoms with Gasteiger partial charge in [0.1, 0.15) is 29.2 Å². The minimum absolute atomic E-state index is 0.0853. The molecule has 0 spiro atoms. The summed E-state index contributed by atoms with van der Waals surface area (Å²) in [5, 5.41) is 0.694. The Kier molecular flexibility index (Phi) is 9.32. The second-order valence-electron chi connectivity index (χ2n) is 11.0. The van der Waals surface area contributed by atoms with E-state index in [0.717, 1.165) is 18.4 Å². The number of rotatable bonds is 11. The molecule has 1 aromatic heterocycles. The van der Waals surface area contributed by atoms with Crippen molar-refractivity contribution in [2.24, 2.45) is 0 Å². The van der Waals surface area contributed by atoms with Crippen molar-refractivity contribution in [1.29, 1.82) is 0 Å². The van der Waals surface area contributed by atoms with E-state index in [4.69, 9.17) is 39.7 Å². The molecule has 1 atom stereocenters. The fraction of sp³-hybridized carbons (Fsp3) is 0.324. The summed E-state index contributed by atoms with van der Waals surface area (Å²) in [7, 11) is 2.94. The van der Waals surface area contributed by atoms with E-state index in [1.54, 1.807) is 48.5 Å². The number of halogens is 1. The minimum atomic E-state index is -0.443. The average molecular weight is 649 g/mol. The molecule has 240 valence electrons. The lowest BCUT2D eigenvalue weighted by Crippen LogP contribution is -2.45. The van der Waals surface area contributed by atoms with Crippen molar-refractivity contribution in [3.05, 3.63) is 92.8 Å². The van der Waals surface area contributed by atoms with Crippen LogP contribution >= 0.6 is 11.6 Å². The molecule has 1 fully saturated rings. The molecular weight excluding hydrogens is 616 g/mol. The van der Waals surface area contributed by atoms with Gasteiger partial charge in [-0.05, 0) is 60.9 Å². The first-order chi connectivity index (χ1) is 22.3. The zero-order valence-electron chi connectivity index (χ0n) is 25.5. The number of benzene rings is 3. The largest absolute Gasteiger partial charge is 0.496 e. The zero-order valence-corrected chi connectivity index (χ0v) is 26.2. The Hall–Kier alpha value is -4.74. The highest BCUT2D eigenvalue weighted by atomic mass is 35.5. The molecule has 12 heteroatoms. The number of hydrogen-bond acceptors (Lipinski definition) is 9. The zero-order chi connectivity index (χ0) is 32.2. The van der Waals surface area contributed by atoms with Crippen LogP contribution in [0.5, 0.6) is 23.0 Å². The Morgan fingerprint density at radius 2 is 1.74 bits per heavy atom. The third-order valence-electron chi connectivity index (χ3n) is 8.03. The predicted molar refractivity (Wildman–Crippen MR) is 169 cm³/mol. The highest BCUT2D eigenvalue weighted by Crippen LogP contribution is 2.33. The van der Waals surface area contributed by atoms with Crippen molar-refractivity contribution in [3.63, 3.8) is 0 Å². The van der Waals surface area contributed by atoms with E-state index < -0.39 is 11.8 Å². The molecule has 3 heterocycles. The van der Waals surface area contributed by atoms with E-state index in [1.165, 1.54) is 30.3 Å². The maximum Gasteiger partial charge on any atom is 0.261 e. The number of methoxy groups -OCH3 is 2. The van der Waals surface area contributed by atoms with Gasteiger partial charge in [-0.1, -0.05) is 23.7 Å². The fourth-order valence-electron chi connectivity index (χ4n) is 5.69. The van der Waals surface area contributed by atoms with Crippen LogP contribution in [0.4, 0.5) is 0 Å². The molecule has 46 heavy (non-hydrogen) atoms. The van der Waals surface area contributed by atoms with Crippen LogP contribution in [-0.4, -0.2) is 68.4 Å². The maximum atomic E-state index is 14.3. The number of ether oxygens (including phenoxy) is 5. The van der Waals surface area contributed by atoms with Crippen molar-refractivity contribution in [1.82, 2.24) is 9.80 Å². The van der Waals surface area contributed by atoms with Crippen molar-refractivity contribution in [2.45, 2.75) is 32.0 Å². The van der Waals surface area contributed by atoms with Crippen molar-refractivity contribution >= 4 is 34.4 Å². The molecule has 1 saturated heterocycles. The molecule has 3 aromatic carbocycles. The molecule has 2 aliphatic rings. The van der Waals surface area contributed by atoms with Crippen molar-refractivity contribution < 1.29 is 37.7 Å². The van der Waals surface area contributed by atoms with Gasteiger partial charge in [-0.3, -0.25) is 14.4 Å². The lowest BCUT2D eigenvalue weighted by molar-refractivity contribution is -0.133. The predicted octanol–water partition coefficient (Wildman–Crippen LogP) is 5.04.